The van der Waals surface area contributed by atoms with Crippen LogP contribution in [0.4, 0.5) is 5.69 Å². The van der Waals surface area contributed by atoms with Crippen molar-refractivity contribution in [3.63, 3.8) is 0 Å². The van der Waals surface area contributed by atoms with E-state index in [1.165, 1.54) is 6.26 Å². The first kappa shape index (κ1) is 12.5. The Kier molecular flexibility index (Phi) is 3.89. The second-order valence-corrected chi connectivity index (χ2v) is 4.20. The molecule has 0 bridgehead atoms. The van der Waals surface area contributed by atoms with Crippen LogP contribution in [0.25, 0.3) is 0 Å². The van der Waals surface area contributed by atoms with Crippen LogP contribution < -0.4 is 11.1 Å². The van der Waals surface area contributed by atoms with Gasteiger partial charge in [0.15, 0.2) is 0 Å². The third-order valence-corrected chi connectivity index (χ3v) is 2.83. The minimum atomic E-state index is -0.232. The van der Waals surface area contributed by atoms with Gasteiger partial charge in [-0.1, -0.05) is 12.1 Å². The number of nitrogens with one attached hydrogen (secondary N) is 1. The fraction of sp³-hybridized carbons (Fsp3) is 0.154. The molecule has 1 heterocycles. The number of carbonyl (C=O) groups excluding carboxylic acids is 1. The van der Waals surface area contributed by atoms with E-state index in [4.69, 9.17) is 21.8 Å². The molecule has 2 aromatic rings. The van der Waals surface area contributed by atoms with Crippen molar-refractivity contribution >= 4 is 23.2 Å². The molecular weight excluding hydrogens is 252 g/mol. The maximum atomic E-state index is 11.7. The Morgan fingerprint density at radius 1 is 1.28 bits per heavy atom. The number of amides is 1. The van der Waals surface area contributed by atoms with Gasteiger partial charge in [0.25, 0.3) is 5.91 Å². The van der Waals surface area contributed by atoms with Crippen LogP contribution in [0, 0.1) is 0 Å². The van der Waals surface area contributed by atoms with Crippen LogP contribution in [-0.2, 0) is 6.42 Å². The zero-order valence-electron chi connectivity index (χ0n) is 9.65. The molecule has 1 aromatic carbocycles. The summed E-state index contributed by atoms with van der Waals surface area (Å²) in [7, 11) is 0. The fourth-order valence-corrected chi connectivity index (χ4v) is 1.76. The number of furan rings is 1. The highest BCUT2D eigenvalue weighted by atomic mass is 35.5. The first-order valence-corrected chi connectivity index (χ1v) is 5.90. The van der Waals surface area contributed by atoms with Crippen molar-refractivity contribution in [1.29, 1.82) is 0 Å². The molecule has 18 heavy (non-hydrogen) atoms. The molecule has 1 amide bonds. The van der Waals surface area contributed by atoms with Crippen LogP contribution in [0.5, 0.6) is 0 Å². The Morgan fingerprint density at radius 2 is 2.00 bits per heavy atom. The predicted octanol–water partition coefficient (Wildman–Crippen LogP) is 2.49. The van der Waals surface area contributed by atoms with Crippen molar-refractivity contribution in [1.82, 2.24) is 5.32 Å². The van der Waals surface area contributed by atoms with Crippen LogP contribution in [0.15, 0.2) is 41.0 Å². The molecule has 0 aliphatic carbocycles. The van der Waals surface area contributed by atoms with Gasteiger partial charge in [-0.05, 0) is 41.8 Å². The maximum Gasteiger partial charge on any atom is 0.256 e. The molecule has 2 rings (SSSR count). The van der Waals surface area contributed by atoms with E-state index < -0.39 is 0 Å². The normalized spacial score (nSPS) is 10.3. The van der Waals surface area contributed by atoms with E-state index in [0.717, 1.165) is 17.7 Å². The largest absolute Gasteiger partial charge is 0.452 e. The zero-order chi connectivity index (χ0) is 13.0. The van der Waals surface area contributed by atoms with E-state index in [1.807, 2.05) is 24.3 Å². The van der Waals surface area contributed by atoms with E-state index in [0.29, 0.717) is 12.1 Å². The number of hydrogen-bond donors (Lipinski definition) is 2. The Morgan fingerprint density at radius 3 is 2.61 bits per heavy atom. The van der Waals surface area contributed by atoms with Crippen molar-refractivity contribution in [2.24, 2.45) is 0 Å². The lowest BCUT2D eigenvalue weighted by molar-refractivity contribution is 0.0953. The van der Waals surface area contributed by atoms with Crippen LogP contribution in [0.2, 0.25) is 5.22 Å². The summed E-state index contributed by atoms with van der Waals surface area (Å²) in [4.78, 5) is 11.7. The average molecular weight is 265 g/mol. The summed E-state index contributed by atoms with van der Waals surface area (Å²) in [6.07, 6.45) is 2.12. The monoisotopic (exact) mass is 264 g/mol. The van der Waals surface area contributed by atoms with Gasteiger partial charge in [0.05, 0.1) is 11.8 Å². The molecule has 0 saturated heterocycles. The topological polar surface area (TPSA) is 68.3 Å². The number of anilines is 1. The van der Waals surface area contributed by atoms with E-state index in [1.54, 1.807) is 6.07 Å². The second-order valence-electron chi connectivity index (χ2n) is 3.86. The lowest BCUT2D eigenvalue weighted by Crippen LogP contribution is -2.25. The minimum Gasteiger partial charge on any atom is -0.452 e. The summed E-state index contributed by atoms with van der Waals surface area (Å²) in [6, 6.07) is 9.09. The number of carbonyl (C=O) groups is 1. The fourth-order valence-electron chi connectivity index (χ4n) is 1.56. The van der Waals surface area contributed by atoms with Gasteiger partial charge in [-0.25, -0.2) is 0 Å². The van der Waals surface area contributed by atoms with Gasteiger partial charge in [-0.2, -0.15) is 0 Å². The highest BCUT2D eigenvalue weighted by Crippen LogP contribution is 2.16. The third-order valence-electron chi connectivity index (χ3n) is 2.54. The summed E-state index contributed by atoms with van der Waals surface area (Å²) < 4.78 is 4.85. The third kappa shape index (κ3) is 3.05. The van der Waals surface area contributed by atoms with Gasteiger partial charge in [0.1, 0.15) is 0 Å². The highest BCUT2D eigenvalue weighted by Gasteiger charge is 2.11. The molecule has 3 N–H and O–H groups in total. The minimum absolute atomic E-state index is 0.111. The summed E-state index contributed by atoms with van der Waals surface area (Å²) in [5.74, 6) is -0.232. The van der Waals surface area contributed by atoms with Crippen LogP contribution in [0.3, 0.4) is 0 Å². The molecule has 94 valence electrons. The molecule has 5 heteroatoms. The Bertz CT molecular complexity index is 534. The smallest absolute Gasteiger partial charge is 0.256 e. The second kappa shape index (κ2) is 5.60. The SMILES string of the molecule is Nc1ccc(CCNC(=O)c2ccoc2Cl)cc1. The number of halogens is 1. The van der Waals surface area contributed by atoms with Gasteiger partial charge in [0.2, 0.25) is 5.22 Å². The van der Waals surface area contributed by atoms with Gasteiger partial charge in [-0.15, -0.1) is 0 Å². The molecule has 0 spiro atoms. The zero-order valence-corrected chi connectivity index (χ0v) is 10.4. The standard InChI is InChI=1S/C13H13ClN2O2/c14-12-11(6-8-18-12)13(17)16-7-5-9-1-3-10(15)4-2-9/h1-4,6,8H,5,7,15H2,(H,16,17). The number of benzene rings is 1. The molecular formula is C13H13ClN2O2. The van der Waals surface area contributed by atoms with Gasteiger partial charge >= 0.3 is 0 Å². The van der Waals surface area contributed by atoms with Crippen LogP contribution in [0.1, 0.15) is 15.9 Å². The maximum absolute atomic E-state index is 11.7. The summed E-state index contributed by atoms with van der Waals surface area (Å²) >= 11 is 5.71. The van der Waals surface area contributed by atoms with Gasteiger partial charge in [0, 0.05) is 12.2 Å². The lowest BCUT2D eigenvalue weighted by Gasteiger charge is -2.04. The molecule has 0 fully saturated rings. The molecule has 0 atom stereocenters. The van der Waals surface area contributed by atoms with E-state index >= 15 is 0 Å². The Balaban J connectivity index is 1.84. The first-order valence-electron chi connectivity index (χ1n) is 5.52. The molecule has 4 nitrogen and oxygen atoms in total. The molecule has 0 radical (unpaired) electrons. The van der Waals surface area contributed by atoms with Crippen molar-refractivity contribution in [2.75, 3.05) is 12.3 Å². The highest BCUT2D eigenvalue weighted by molar-refractivity contribution is 6.32. The first-order chi connectivity index (χ1) is 8.66. The quantitative estimate of drug-likeness (QED) is 0.834. The summed E-state index contributed by atoms with van der Waals surface area (Å²) in [5, 5.41) is 2.89. The van der Waals surface area contributed by atoms with Crippen molar-refractivity contribution in [3.8, 4) is 0 Å². The van der Waals surface area contributed by atoms with Crippen molar-refractivity contribution in [3.05, 3.63) is 52.9 Å². The van der Waals surface area contributed by atoms with Gasteiger partial charge < -0.3 is 15.5 Å². The van der Waals surface area contributed by atoms with Crippen molar-refractivity contribution < 1.29 is 9.21 Å². The number of nitrogen functional groups attached to an aromatic ring is 1. The summed E-state index contributed by atoms with van der Waals surface area (Å²) in [5.41, 5.74) is 7.79. The van der Waals surface area contributed by atoms with Gasteiger partial charge in [-0.3, -0.25) is 4.79 Å². The molecule has 0 unspecified atom stereocenters. The number of rotatable bonds is 4. The molecule has 0 aliphatic heterocycles. The van der Waals surface area contributed by atoms with E-state index in [-0.39, 0.29) is 11.1 Å². The number of nitrogens with two attached hydrogens (primary N) is 1. The van der Waals surface area contributed by atoms with Crippen LogP contribution in [-0.4, -0.2) is 12.5 Å². The lowest BCUT2D eigenvalue weighted by atomic mass is 10.1. The predicted molar refractivity (Wildman–Crippen MR) is 70.6 cm³/mol. The summed E-state index contributed by atoms with van der Waals surface area (Å²) in [6.45, 7) is 0.532. The molecule has 1 aromatic heterocycles. The molecule has 0 saturated carbocycles. The van der Waals surface area contributed by atoms with E-state index in [2.05, 4.69) is 5.32 Å². The average Bonchev–Trinajstić information content (AvgIpc) is 2.78. The van der Waals surface area contributed by atoms with Crippen molar-refractivity contribution in [2.45, 2.75) is 6.42 Å². The Hall–Kier alpha value is -1.94. The molecule has 0 aliphatic rings. The van der Waals surface area contributed by atoms with Crippen LogP contribution >= 0.6 is 11.6 Å². The Labute approximate surface area is 110 Å². The van der Waals surface area contributed by atoms with E-state index in [9.17, 15) is 4.79 Å². The number of hydrogen-bond acceptors (Lipinski definition) is 3.